The van der Waals surface area contributed by atoms with Crippen molar-refractivity contribution in [2.24, 2.45) is 17.3 Å². The Hall–Kier alpha value is -0.570. The van der Waals surface area contributed by atoms with Crippen LogP contribution in [-0.2, 0) is 4.79 Å². The number of hydrogen-bond acceptors (Lipinski definition) is 2. The van der Waals surface area contributed by atoms with Crippen molar-refractivity contribution >= 4 is 5.97 Å². The predicted octanol–water partition coefficient (Wildman–Crippen LogP) is 1.49. The van der Waals surface area contributed by atoms with Gasteiger partial charge in [-0.3, -0.25) is 4.79 Å². The van der Waals surface area contributed by atoms with Crippen molar-refractivity contribution < 1.29 is 9.90 Å². The summed E-state index contributed by atoms with van der Waals surface area (Å²) in [6.45, 7) is 5.34. The van der Waals surface area contributed by atoms with Crippen LogP contribution in [0.15, 0.2) is 0 Å². The number of aliphatic carboxylic acids is 1. The lowest BCUT2D eigenvalue weighted by Gasteiger charge is -2.39. The van der Waals surface area contributed by atoms with Gasteiger partial charge < -0.3 is 10.4 Å². The first-order valence-corrected chi connectivity index (χ1v) is 5.49. The van der Waals surface area contributed by atoms with Crippen molar-refractivity contribution in [3.63, 3.8) is 0 Å². The van der Waals surface area contributed by atoms with Crippen LogP contribution in [0.4, 0.5) is 0 Å². The molecule has 1 saturated heterocycles. The zero-order valence-electron chi connectivity index (χ0n) is 8.92. The maximum atomic E-state index is 11.0. The zero-order chi connectivity index (χ0) is 10.3. The Morgan fingerprint density at radius 3 is 2.93 bits per heavy atom. The molecule has 1 aliphatic heterocycles. The Morgan fingerprint density at radius 2 is 2.29 bits per heavy atom. The van der Waals surface area contributed by atoms with E-state index >= 15 is 0 Å². The molecule has 1 unspecified atom stereocenters. The summed E-state index contributed by atoms with van der Waals surface area (Å²) in [6, 6.07) is -0.303. The number of nitrogens with one attached hydrogen (secondary N) is 1. The summed E-state index contributed by atoms with van der Waals surface area (Å²) < 4.78 is 0. The van der Waals surface area contributed by atoms with Gasteiger partial charge in [-0.25, -0.2) is 0 Å². The average molecular weight is 197 g/mol. The van der Waals surface area contributed by atoms with Crippen LogP contribution in [0.1, 0.15) is 33.1 Å². The summed E-state index contributed by atoms with van der Waals surface area (Å²) >= 11 is 0. The van der Waals surface area contributed by atoms with Gasteiger partial charge in [0.25, 0.3) is 0 Å². The van der Waals surface area contributed by atoms with Crippen molar-refractivity contribution in [3.8, 4) is 0 Å². The van der Waals surface area contributed by atoms with Gasteiger partial charge in [0.05, 0.1) is 0 Å². The molecule has 3 heteroatoms. The summed E-state index contributed by atoms with van der Waals surface area (Å²) in [5.74, 6) is 0.353. The zero-order valence-corrected chi connectivity index (χ0v) is 8.92. The maximum Gasteiger partial charge on any atom is 0.321 e. The first kappa shape index (κ1) is 9.97. The van der Waals surface area contributed by atoms with E-state index in [4.69, 9.17) is 5.11 Å². The van der Waals surface area contributed by atoms with E-state index in [1.165, 1.54) is 12.8 Å². The van der Waals surface area contributed by atoms with Crippen LogP contribution in [-0.4, -0.2) is 23.7 Å². The van der Waals surface area contributed by atoms with E-state index in [0.29, 0.717) is 11.8 Å². The van der Waals surface area contributed by atoms with E-state index in [9.17, 15) is 4.79 Å². The SMILES string of the molecule is CC1CC[C@]2(C)CN[C@@H](C(=O)O)[C@@H]2C1. The lowest BCUT2D eigenvalue weighted by atomic mass is 9.65. The lowest BCUT2D eigenvalue weighted by Crippen LogP contribution is -2.40. The van der Waals surface area contributed by atoms with Crippen molar-refractivity contribution in [1.29, 1.82) is 0 Å². The van der Waals surface area contributed by atoms with Crippen molar-refractivity contribution in [2.45, 2.75) is 39.2 Å². The van der Waals surface area contributed by atoms with Crippen LogP contribution in [0.3, 0.4) is 0 Å². The van der Waals surface area contributed by atoms with E-state index in [-0.39, 0.29) is 11.5 Å². The summed E-state index contributed by atoms with van der Waals surface area (Å²) in [6.07, 6.45) is 3.50. The Bertz CT molecular complexity index is 254. The van der Waals surface area contributed by atoms with E-state index < -0.39 is 5.97 Å². The molecule has 0 aromatic heterocycles. The third-order valence-corrected chi connectivity index (χ3v) is 4.15. The highest BCUT2D eigenvalue weighted by molar-refractivity contribution is 5.74. The highest BCUT2D eigenvalue weighted by atomic mass is 16.4. The molecule has 0 radical (unpaired) electrons. The molecule has 3 nitrogen and oxygen atoms in total. The standard InChI is InChI=1S/C11H19NO2/c1-7-3-4-11(2)6-12-9(10(13)14)8(11)5-7/h7-9,12H,3-6H2,1-2H3,(H,13,14)/t7?,8-,9+,11+/m0/s1. The fourth-order valence-corrected chi connectivity index (χ4v) is 3.10. The van der Waals surface area contributed by atoms with E-state index in [1.807, 2.05) is 0 Å². The maximum absolute atomic E-state index is 11.0. The predicted molar refractivity (Wildman–Crippen MR) is 54.0 cm³/mol. The van der Waals surface area contributed by atoms with Crippen LogP contribution >= 0.6 is 0 Å². The van der Waals surface area contributed by atoms with Gasteiger partial charge in [-0.15, -0.1) is 0 Å². The number of fused-ring (bicyclic) bond motifs is 1. The molecule has 80 valence electrons. The smallest absolute Gasteiger partial charge is 0.321 e. The largest absolute Gasteiger partial charge is 0.480 e. The molecular weight excluding hydrogens is 178 g/mol. The summed E-state index contributed by atoms with van der Waals surface area (Å²) in [4.78, 5) is 11.0. The fourth-order valence-electron chi connectivity index (χ4n) is 3.10. The van der Waals surface area contributed by atoms with Crippen molar-refractivity contribution in [2.75, 3.05) is 6.54 Å². The van der Waals surface area contributed by atoms with Gasteiger partial charge in [-0.05, 0) is 30.1 Å². The monoisotopic (exact) mass is 197 g/mol. The molecule has 0 amide bonds. The number of rotatable bonds is 1. The van der Waals surface area contributed by atoms with Gasteiger partial charge in [0.1, 0.15) is 6.04 Å². The van der Waals surface area contributed by atoms with Gasteiger partial charge >= 0.3 is 5.97 Å². The Kier molecular flexibility index (Phi) is 2.30. The van der Waals surface area contributed by atoms with Gasteiger partial charge in [0.2, 0.25) is 0 Å². The van der Waals surface area contributed by atoms with Crippen LogP contribution in [0.25, 0.3) is 0 Å². The Labute approximate surface area is 84.9 Å². The number of carboxylic acids is 1. The molecule has 1 heterocycles. The van der Waals surface area contributed by atoms with Crippen molar-refractivity contribution in [3.05, 3.63) is 0 Å². The normalized spacial score (nSPS) is 47.4. The highest BCUT2D eigenvalue weighted by Gasteiger charge is 2.50. The first-order chi connectivity index (χ1) is 6.53. The minimum Gasteiger partial charge on any atom is -0.480 e. The first-order valence-electron chi connectivity index (χ1n) is 5.49. The molecule has 1 saturated carbocycles. The fraction of sp³-hybridized carbons (Fsp3) is 0.909. The topological polar surface area (TPSA) is 49.3 Å². The minimum atomic E-state index is -0.673. The molecule has 14 heavy (non-hydrogen) atoms. The molecule has 4 atom stereocenters. The molecule has 2 N–H and O–H groups in total. The van der Waals surface area contributed by atoms with E-state index in [0.717, 1.165) is 13.0 Å². The molecule has 2 fully saturated rings. The van der Waals surface area contributed by atoms with Crippen LogP contribution in [0, 0.1) is 17.3 Å². The van der Waals surface area contributed by atoms with E-state index in [1.54, 1.807) is 0 Å². The summed E-state index contributed by atoms with van der Waals surface area (Å²) in [7, 11) is 0. The van der Waals surface area contributed by atoms with E-state index in [2.05, 4.69) is 19.2 Å². The third kappa shape index (κ3) is 1.44. The minimum absolute atomic E-state index is 0.232. The van der Waals surface area contributed by atoms with Gasteiger partial charge in [-0.2, -0.15) is 0 Å². The quantitative estimate of drug-likeness (QED) is 0.669. The molecule has 0 spiro atoms. The average Bonchev–Trinajstić information content (AvgIpc) is 2.43. The highest BCUT2D eigenvalue weighted by Crippen LogP contribution is 2.47. The molecular formula is C11H19NO2. The van der Waals surface area contributed by atoms with Gasteiger partial charge in [-0.1, -0.05) is 20.3 Å². The molecule has 0 aromatic carbocycles. The van der Waals surface area contributed by atoms with Gasteiger partial charge in [0, 0.05) is 6.54 Å². The number of carboxylic acid groups (broad SMARTS) is 1. The number of hydrogen-bond donors (Lipinski definition) is 2. The molecule has 1 aliphatic carbocycles. The van der Waals surface area contributed by atoms with Crippen LogP contribution in [0.2, 0.25) is 0 Å². The Balaban J connectivity index is 2.18. The second-order valence-electron chi connectivity index (χ2n) is 5.34. The third-order valence-electron chi connectivity index (χ3n) is 4.15. The molecule has 0 bridgehead atoms. The second kappa shape index (κ2) is 3.23. The molecule has 0 aromatic rings. The second-order valence-corrected chi connectivity index (χ2v) is 5.34. The Morgan fingerprint density at radius 1 is 1.57 bits per heavy atom. The lowest BCUT2D eigenvalue weighted by molar-refractivity contribution is -0.141. The van der Waals surface area contributed by atoms with Crippen LogP contribution in [0.5, 0.6) is 0 Å². The number of carbonyl (C=O) groups is 1. The molecule has 2 aliphatic rings. The van der Waals surface area contributed by atoms with Crippen LogP contribution < -0.4 is 5.32 Å². The van der Waals surface area contributed by atoms with Crippen molar-refractivity contribution in [1.82, 2.24) is 5.32 Å². The molecule has 2 rings (SSSR count). The summed E-state index contributed by atoms with van der Waals surface area (Å²) in [5.41, 5.74) is 0.232. The summed E-state index contributed by atoms with van der Waals surface area (Å²) in [5, 5.41) is 12.2. The van der Waals surface area contributed by atoms with Gasteiger partial charge in [0.15, 0.2) is 0 Å².